The van der Waals surface area contributed by atoms with Crippen molar-refractivity contribution in [3.63, 3.8) is 0 Å². The van der Waals surface area contributed by atoms with Gasteiger partial charge in [0, 0.05) is 13.1 Å². The molecule has 0 aromatic heterocycles. The molecule has 0 atom stereocenters. The summed E-state index contributed by atoms with van der Waals surface area (Å²) in [5.41, 5.74) is -0.883. The van der Waals surface area contributed by atoms with Gasteiger partial charge in [0.05, 0.1) is 6.07 Å². The lowest BCUT2D eigenvalue weighted by Crippen LogP contribution is -2.39. The third-order valence-corrected chi connectivity index (χ3v) is 1.86. The van der Waals surface area contributed by atoms with Gasteiger partial charge in [0.1, 0.15) is 5.41 Å². The van der Waals surface area contributed by atoms with Crippen molar-refractivity contribution in [1.82, 2.24) is 4.90 Å². The lowest BCUT2D eigenvalue weighted by molar-refractivity contribution is -0.137. The van der Waals surface area contributed by atoms with Crippen LogP contribution in [0.25, 0.3) is 0 Å². The summed E-state index contributed by atoms with van der Waals surface area (Å²) in [4.78, 5) is 13.2. The number of hydrogen-bond acceptors (Lipinski definition) is 2. The summed E-state index contributed by atoms with van der Waals surface area (Å²) in [7, 11) is 0. The second kappa shape index (κ2) is 4.10. The van der Waals surface area contributed by atoms with Crippen LogP contribution in [0.4, 0.5) is 0 Å². The van der Waals surface area contributed by atoms with E-state index in [1.165, 1.54) is 0 Å². The van der Waals surface area contributed by atoms with E-state index in [9.17, 15) is 4.79 Å². The summed E-state index contributed by atoms with van der Waals surface area (Å²) >= 11 is 0. The minimum Gasteiger partial charge on any atom is -0.342 e. The number of nitrogens with zero attached hydrogens (tertiary/aromatic N) is 2. The molecule has 0 rings (SSSR count). The minimum absolute atomic E-state index is 0.0880. The van der Waals surface area contributed by atoms with Crippen LogP contribution in [0, 0.1) is 16.7 Å². The maximum Gasteiger partial charge on any atom is 0.242 e. The lowest BCUT2D eigenvalue weighted by atomic mass is 9.94. The predicted octanol–water partition coefficient (Wildman–Crippen LogP) is 1.40. The van der Waals surface area contributed by atoms with Gasteiger partial charge < -0.3 is 4.90 Å². The smallest absolute Gasteiger partial charge is 0.242 e. The quantitative estimate of drug-likeness (QED) is 0.639. The van der Waals surface area contributed by atoms with E-state index in [-0.39, 0.29) is 5.91 Å². The number of hydrogen-bond donors (Lipinski definition) is 0. The van der Waals surface area contributed by atoms with Crippen molar-refractivity contribution in [3.8, 4) is 6.07 Å². The fraction of sp³-hybridized carbons (Fsp3) is 0.778. The van der Waals surface area contributed by atoms with Crippen molar-refractivity contribution in [2.75, 3.05) is 13.1 Å². The van der Waals surface area contributed by atoms with Crippen molar-refractivity contribution < 1.29 is 4.79 Å². The first-order valence-corrected chi connectivity index (χ1v) is 4.20. The summed E-state index contributed by atoms with van der Waals surface area (Å²) in [6, 6.07) is 2.00. The van der Waals surface area contributed by atoms with Gasteiger partial charge in [0.25, 0.3) is 0 Å². The maximum atomic E-state index is 11.6. The van der Waals surface area contributed by atoms with Gasteiger partial charge in [-0.2, -0.15) is 5.26 Å². The molecule has 0 radical (unpaired) electrons. The summed E-state index contributed by atoms with van der Waals surface area (Å²) in [5.74, 6) is -0.0880. The van der Waals surface area contributed by atoms with E-state index in [1.807, 2.05) is 19.9 Å². The molecule has 3 nitrogen and oxygen atoms in total. The van der Waals surface area contributed by atoms with Crippen LogP contribution >= 0.6 is 0 Å². The Balaban J connectivity index is 4.49. The maximum absolute atomic E-state index is 11.6. The van der Waals surface area contributed by atoms with Gasteiger partial charge in [0.15, 0.2) is 0 Å². The number of carbonyl (C=O) groups is 1. The highest BCUT2D eigenvalue weighted by Gasteiger charge is 2.30. The molecule has 0 aliphatic carbocycles. The van der Waals surface area contributed by atoms with Crippen LogP contribution in [0.5, 0.6) is 0 Å². The zero-order valence-electron chi connectivity index (χ0n) is 8.22. The fourth-order valence-electron chi connectivity index (χ4n) is 0.954. The topological polar surface area (TPSA) is 44.1 Å². The first-order chi connectivity index (χ1) is 5.49. The molecule has 0 bridgehead atoms. The molecule has 68 valence electrons. The predicted molar refractivity (Wildman–Crippen MR) is 47.3 cm³/mol. The van der Waals surface area contributed by atoms with E-state index >= 15 is 0 Å². The Bertz CT molecular complexity index is 199. The van der Waals surface area contributed by atoms with Gasteiger partial charge in [-0.3, -0.25) is 4.79 Å². The molecule has 0 aromatic rings. The molecule has 0 fully saturated rings. The summed E-state index contributed by atoms with van der Waals surface area (Å²) in [5, 5.41) is 8.71. The van der Waals surface area contributed by atoms with Gasteiger partial charge in [-0.05, 0) is 27.7 Å². The molecular weight excluding hydrogens is 152 g/mol. The van der Waals surface area contributed by atoms with Crippen molar-refractivity contribution in [3.05, 3.63) is 0 Å². The Labute approximate surface area is 74.0 Å². The average Bonchev–Trinajstić information content (AvgIpc) is 2.06. The SMILES string of the molecule is CCN(CC)C(=O)C(C)(C)C#N. The van der Waals surface area contributed by atoms with Crippen molar-refractivity contribution >= 4 is 5.91 Å². The van der Waals surface area contributed by atoms with Crippen LogP contribution in [0.3, 0.4) is 0 Å². The number of carbonyl (C=O) groups excluding carboxylic acids is 1. The second-order valence-corrected chi connectivity index (χ2v) is 3.21. The lowest BCUT2D eigenvalue weighted by Gasteiger charge is -2.25. The first kappa shape index (κ1) is 11.0. The summed E-state index contributed by atoms with van der Waals surface area (Å²) < 4.78 is 0. The van der Waals surface area contributed by atoms with Crippen LogP contribution < -0.4 is 0 Å². The van der Waals surface area contributed by atoms with Crippen molar-refractivity contribution in [2.24, 2.45) is 5.41 Å². The van der Waals surface area contributed by atoms with Crippen LogP contribution in [0.1, 0.15) is 27.7 Å². The monoisotopic (exact) mass is 168 g/mol. The fourth-order valence-corrected chi connectivity index (χ4v) is 0.954. The molecule has 0 spiro atoms. The molecule has 0 saturated heterocycles. The van der Waals surface area contributed by atoms with E-state index in [4.69, 9.17) is 5.26 Å². The third kappa shape index (κ3) is 2.23. The molecular formula is C9H16N2O. The number of rotatable bonds is 3. The number of amides is 1. The van der Waals surface area contributed by atoms with Crippen LogP contribution in [-0.4, -0.2) is 23.9 Å². The molecule has 0 aliphatic rings. The van der Waals surface area contributed by atoms with E-state index < -0.39 is 5.41 Å². The Hall–Kier alpha value is -1.04. The Morgan fingerprint density at radius 3 is 2.08 bits per heavy atom. The van der Waals surface area contributed by atoms with E-state index in [2.05, 4.69) is 0 Å². The largest absolute Gasteiger partial charge is 0.342 e. The highest BCUT2D eigenvalue weighted by atomic mass is 16.2. The molecule has 0 aromatic carbocycles. The zero-order valence-corrected chi connectivity index (χ0v) is 8.22. The van der Waals surface area contributed by atoms with Gasteiger partial charge in [0.2, 0.25) is 5.91 Å². The Morgan fingerprint density at radius 1 is 1.42 bits per heavy atom. The molecule has 0 unspecified atom stereocenters. The average molecular weight is 168 g/mol. The van der Waals surface area contributed by atoms with E-state index in [1.54, 1.807) is 18.7 Å². The summed E-state index contributed by atoms with van der Waals surface area (Å²) in [6.07, 6.45) is 0. The molecule has 0 saturated carbocycles. The normalized spacial score (nSPS) is 10.6. The first-order valence-electron chi connectivity index (χ1n) is 4.20. The molecule has 1 amide bonds. The van der Waals surface area contributed by atoms with Crippen molar-refractivity contribution in [2.45, 2.75) is 27.7 Å². The van der Waals surface area contributed by atoms with Gasteiger partial charge in [-0.25, -0.2) is 0 Å². The molecule has 3 heteroatoms. The molecule has 0 aliphatic heterocycles. The second-order valence-electron chi connectivity index (χ2n) is 3.21. The van der Waals surface area contributed by atoms with Crippen LogP contribution in [0.15, 0.2) is 0 Å². The molecule has 0 N–H and O–H groups in total. The number of nitriles is 1. The van der Waals surface area contributed by atoms with Crippen LogP contribution in [-0.2, 0) is 4.79 Å². The highest BCUT2D eigenvalue weighted by Crippen LogP contribution is 2.16. The van der Waals surface area contributed by atoms with Crippen LogP contribution in [0.2, 0.25) is 0 Å². The van der Waals surface area contributed by atoms with Gasteiger partial charge in [-0.15, -0.1) is 0 Å². The van der Waals surface area contributed by atoms with Crippen molar-refractivity contribution in [1.29, 1.82) is 5.26 Å². The van der Waals surface area contributed by atoms with Gasteiger partial charge in [-0.1, -0.05) is 0 Å². The van der Waals surface area contributed by atoms with E-state index in [0.29, 0.717) is 13.1 Å². The Kier molecular flexibility index (Phi) is 3.75. The Morgan fingerprint density at radius 2 is 1.83 bits per heavy atom. The zero-order chi connectivity index (χ0) is 9.78. The highest BCUT2D eigenvalue weighted by molar-refractivity contribution is 5.84. The minimum atomic E-state index is -0.883. The molecule has 0 heterocycles. The van der Waals surface area contributed by atoms with E-state index in [0.717, 1.165) is 0 Å². The summed E-state index contributed by atoms with van der Waals surface area (Å²) in [6.45, 7) is 8.45. The third-order valence-electron chi connectivity index (χ3n) is 1.86. The molecule has 12 heavy (non-hydrogen) atoms. The standard InChI is InChI=1S/C9H16N2O/c1-5-11(6-2)8(12)9(3,4)7-10/h5-6H2,1-4H3. The van der Waals surface area contributed by atoms with Gasteiger partial charge >= 0.3 is 0 Å².